The molecule has 3 N–H and O–H groups in total. The largest absolute Gasteiger partial charge is 0.481 e. The van der Waals surface area contributed by atoms with E-state index in [9.17, 15) is 15.0 Å². The van der Waals surface area contributed by atoms with Crippen molar-refractivity contribution in [1.82, 2.24) is 0 Å². The summed E-state index contributed by atoms with van der Waals surface area (Å²) in [6.07, 6.45) is 12.9. The molecular weight excluding hydrogens is 332 g/mol. The molecule has 3 aliphatic rings. The zero-order chi connectivity index (χ0) is 18.5. The molecule has 0 saturated heterocycles. The molecule has 5 nitrogen and oxygen atoms in total. The maximum atomic E-state index is 10.6. The van der Waals surface area contributed by atoms with Gasteiger partial charge in [0.2, 0.25) is 0 Å². The van der Waals surface area contributed by atoms with Gasteiger partial charge in [0, 0.05) is 18.9 Å². The Balaban J connectivity index is 1.47. The van der Waals surface area contributed by atoms with Crippen molar-refractivity contribution in [3.63, 3.8) is 0 Å². The fraction of sp³-hybridized carbons (Fsp3) is 0.857. The highest BCUT2D eigenvalue weighted by molar-refractivity contribution is 5.66. The first-order valence-corrected chi connectivity index (χ1v) is 10.4. The van der Waals surface area contributed by atoms with Gasteiger partial charge in [0.05, 0.1) is 18.3 Å². The van der Waals surface area contributed by atoms with E-state index < -0.39 is 5.97 Å². The summed E-state index contributed by atoms with van der Waals surface area (Å²) in [5.74, 6) is 0.621. The van der Waals surface area contributed by atoms with E-state index in [0.717, 1.165) is 32.1 Å². The van der Waals surface area contributed by atoms with Gasteiger partial charge in [-0.3, -0.25) is 4.79 Å². The SMILES string of the molecule is O=C(O)CCCOC1C[C@H]2C[C@@H](O)[C@H](C=CC(O)C3CCCCC3)[C@@H]2C1. The normalized spacial score (nSPS) is 36.5. The standard InChI is InChI=1S/C21H34O5/c22-19(14-5-2-1-3-6-14)9-8-17-18-13-16(11-15(18)12-20(17)23)26-10-4-7-21(24)25/h8-9,14-20,22-23H,1-7,10-13H2,(H,24,25)/t15-,16?,17+,18+,19?,20+/m0/s1. The quantitative estimate of drug-likeness (QED) is 0.454. The first-order chi connectivity index (χ1) is 12.5. The van der Waals surface area contributed by atoms with Crippen molar-refractivity contribution in [2.75, 3.05) is 6.61 Å². The van der Waals surface area contributed by atoms with Crippen molar-refractivity contribution >= 4 is 5.97 Å². The molecule has 3 saturated carbocycles. The molecule has 3 fully saturated rings. The fourth-order valence-electron chi connectivity index (χ4n) is 5.36. The van der Waals surface area contributed by atoms with Crippen LogP contribution >= 0.6 is 0 Å². The van der Waals surface area contributed by atoms with Crippen LogP contribution < -0.4 is 0 Å². The van der Waals surface area contributed by atoms with E-state index in [4.69, 9.17) is 9.84 Å². The number of aliphatic hydroxyl groups excluding tert-OH is 2. The van der Waals surface area contributed by atoms with Crippen molar-refractivity contribution < 1.29 is 24.9 Å². The van der Waals surface area contributed by atoms with Gasteiger partial charge in [-0.2, -0.15) is 0 Å². The van der Waals surface area contributed by atoms with Gasteiger partial charge in [-0.25, -0.2) is 0 Å². The Hall–Kier alpha value is -0.910. The molecule has 0 aromatic heterocycles. The zero-order valence-corrected chi connectivity index (χ0v) is 15.6. The lowest BCUT2D eigenvalue weighted by molar-refractivity contribution is -0.137. The smallest absolute Gasteiger partial charge is 0.303 e. The van der Waals surface area contributed by atoms with Crippen LogP contribution in [-0.2, 0) is 9.53 Å². The van der Waals surface area contributed by atoms with Gasteiger partial charge in [0.1, 0.15) is 0 Å². The van der Waals surface area contributed by atoms with Gasteiger partial charge in [0.25, 0.3) is 0 Å². The van der Waals surface area contributed by atoms with Crippen LogP contribution in [0.1, 0.15) is 64.2 Å². The Bertz CT molecular complexity index is 485. The summed E-state index contributed by atoms with van der Waals surface area (Å²) >= 11 is 0. The van der Waals surface area contributed by atoms with Crippen LogP contribution in [0.4, 0.5) is 0 Å². The molecule has 3 aliphatic carbocycles. The van der Waals surface area contributed by atoms with Gasteiger partial charge in [-0.15, -0.1) is 0 Å². The average molecular weight is 366 g/mol. The van der Waals surface area contributed by atoms with Gasteiger partial charge in [-0.1, -0.05) is 31.4 Å². The molecule has 0 heterocycles. The lowest BCUT2D eigenvalue weighted by Crippen LogP contribution is -2.23. The molecule has 0 radical (unpaired) electrons. The van der Waals surface area contributed by atoms with Crippen LogP contribution in [0.15, 0.2) is 12.2 Å². The number of fused-ring (bicyclic) bond motifs is 1. The monoisotopic (exact) mass is 366 g/mol. The highest BCUT2D eigenvalue weighted by Gasteiger charge is 2.47. The third-order valence-corrected chi connectivity index (χ3v) is 6.74. The Morgan fingerprint density at radius 1 is 1.15 bits per heavy atom. The van der Waals surface area contributed by atoms with Crippen LogP contribution in [0, 0.1) is 23.7 Å². The number of aliphatic carboxylic acids is 1. The van der Waals surface area contributed by atoms with Crippen molar-refractivity contribution in [3.8, 4) is 0 Å². The van der Waals surface area contributed by atoms with E-state index in [-0.39, 0.29) is 30.7 Å². The number of carboxylic acids is 1. The molecule has 3 rings (SSSR count). The molecule has 0 aromatic rings. The Labute approximate surface area is 156 Å². The lowest BCUT2D eigenvalue weighted by Gasteiger charge is -2.25. The van der Waals surface area contributed by atoms with Crippen molar-refractivity contribution in [2.45, 2.75) is 82.5 Å². The van der Waals surface area contributed by atoms with E-state index in [2.05, 4.69) is 6.08 Å². The maximum Gasteiger partial charge on any atom is 0.303 e. The van der Waals surface area contributed by atoms with E-state index in [1.165, 1.54) is 19.3 Å². The fourth-order valence-corrected chi connectivity index (χ4v) is 5.36. The van der Waals surface area contributed by atoms with Crippen molar-refractivity contribution in [2.24, 2.45) is 23.7 Å². The Morgan fingerprint density at radius 3 is 2.65 bits per heavy atom. The highest BCUT2D eigenvalue weighted by atomic mass is 16.5. The number of hydrogen-bond donors (Lipinski definition) is 3. The number of carboxylic acid groups (broad SMARTS) is 1. The topological polar surface area (TPSA) is 87.0 Å². The highest BCUT2D eigenvalue weighted by Crippen LogP contribution is 2.49. The van der Waals surface area contributed by atoms with Gasteiger partial charge < -0.3 is 20.1 Å². The predicted octanol–water partition coefficient (Wildman–Crippen LogP) is 3.14. The molecule has 0 aliphatic heterocycles. The second kappa shape index (κ2) is 9.34. The average Bonchev–Trinajstić information content (AvgIpc) is 3.14. The van der Waals surface area contributed by atoms with Crippen LogP contribution in [0.2, 0.25) is 0 Å². The number of hydrogen-bond acceptors (Lipinski definition) is 4. The third kappa shape index (κ3) is 5.08. The molecule has 148 valence electrons. The van der Waals surface area contributed by atoms with Crippen LogP contribution in [0.5, 0.6) is 0 Å². The Morgan fingerprint density at radius 2 is 1.92 bits per heavy atom. The summed E-state index contributed by atoms with van der Waals surface area (Å²) in [6.45, 7) is 0.500. The second-order valence-corrected chi connectivity index (χ2v) is 8.54. The first kappa shape index (κ1) is 19.8. The van der Waals surface area contributed by atoms with Crippen LogP contribution in [0.3, 0.4) is 0 Å². The summed E-state index contributed by atoms with van der Waals surface area (Å²) < 4.78 is 5.88. The Kier molecular flexibility index (Phi) is 7.12. The molecule has 0 bridgehead atoms. The molecule has 0 amide bonds. The first-order valence-electron chi connectivity index (χ1n) is 10.4. The molecule has 0 aromatic carbocycles. The summed E-state index contributed by atoms with van der Waals surface area (Å²) in [5.41, 5.74) is 0. The molecule has 6 atom stereocenters. The van der Waals surface area contributed by atoms with Crippen molar-refractivity contribution in [1.29, 1.82) is 0 Å². The maximum absolute atomic E-state index is 10.6. The van der Waals surface area contributed by atoms with E-state index in [1.54, 1.807) is 0 Å². The third-order valence-electron chi connectivity index (χ3n) is 6.74. The van der Waals surface area contributed by atoms with E-state index in [1.807, 2.05) is 6.08 Å². The minimum atomic E-state index is -0.776. The number of aliphatic hydroxyl groups is 2. The number of ether oxygens (including phenoxy) is 1. The predicted molar refractivity (Wildman–Crippen MR) is 98.7 cm³/mol. The van der Waals surface area contributed by atoms with Gasteiger partial charge in [0.15, 0.2) is 0 Å². The molecule has 26 heavy (non-hydrogen) atoms. The lowest BCUT2D eigenvalue weighted by atomic mass is 9.84. The zero-order valence-electron chi connectivity index (χ0n) is 15.6. The van der Waals surface area contributed by atoms with E-state index in [0.29, 0.717) is 30.8 Å². The van der Waals surface area contributed by atoms with Crippen LogP contribution in [0.25, 0.3) is 0 Å². The number of carbonyl (C=O) groups is 1. The molecular formula is C21H34O5. The van der Waals surface area contributed by atoms with Crippen LogP contribution in [-0.4, -0.2) is 46.2 Å². The molecule has 5 heteroatoms. The molecule has 2 unspecified atom stereocenters. The summed E-state index contributed by atoms with van der Waals surface area (Å²) in [4.78, 5) is 10.6. The summed E-state index contributed by atoms with van der Waals surface area (Å²) in [7, 11) is 0. The van der Waals surface area contributed by atoms with Crippen molar-refractivity contribution in [3.05, 3.63) is 12.2 Å². The second-order valence-electron chi connectivity index (χ2n) is 8.54. The number of rotatable bonds is 8. The van der Waals surface area contributed by atoms with E-state index >= 15 is 0 Å². The minimum absolute atomic E-state index is 0.117. The summed E-state index contributed by atoms with van der Waals surface area (Å²) in [5, 5.41) is 29.6. The molecule has 0 spiro atoms. The van der Waals surface area contributed by atoms with Gasteiger partial charge >= 0.3 is 5.97 Å². The minimum Gasteiger partial charge on any atom is -0.481 e. The van der Waals surface area contributed by atoms with Gasteiger partial charge in [-0.05, 0) is 56.3 Å². The summed E-state index contributed by atoms with van der Waals surface area (Å²) in [6, 6.07) is 0.